The molecule has 1 heterocycles. The van der Waals surface area contributed by atoms with E-state index in [4.69, 9.17) is 0 Å². The molecule has 1 aromatic carbocycles. The van der Waals surface area contributed by atoms with Crippen molar-refractivity contribution in [3.05, 3.63) is 29.8 Å². The molecular formula is C15H21NS. The molecule has 0 aromatic heterocycles. The third kappa shape index (κ3) is 2.69. The summed E-state index contributed by atoms with van der Waals surface area (Å²) < 4.78 is 0. The summed E-state index contributed by atoms with van der Waals surface area (Å²) in [5, 5.41) is 3.76. The Labute approximate surface area is 108 Å². The normalized spacial score (nSPS) is 24.1. The standard InChI is InChI=1S/C15H21NS/c1-2-7-15-13(6-1)14(9-11-17-15)16-10-8-12-4-3-5-12/h1-2,6-7,12,14,16H,3-5,8-11H2. The lowest BCUT2D eigenvalue weighted by Crippen LogP contribution is -2.27. The van der Waals surface area contributed by atoms with Gasteiger partial charge in [-0.15, -0.1) is 11.8 Å². The molecule has 0 amide bonds. The van der Waals surface area contributed by atoms with Crippen molar-refractivity contribution in [2.45, 2.75) is 43.0 Å². The predicted octanol–water partition coefficient (Wildman–Crippen LogP) is 4.00. The number of rotatable bonds is 4. The predicted molar refractivity (Wildman–Crippen MR) is 74.5 cm³/mol. The van der Waals surface area contributed by atoms with Crippen LogP contribution in [0.3, 0.4) is 0 Å². The van der Waals surface area contributed by atoms with Crippen molar-refractivity contribution >= 4 is 11.8 Å². The zero-order valence-electron chi connectivity index (χ0n) is 10.3. The van der Waals surface area contributed by atoms with Crippen molar-refractivity contribution in [1.82, 2.24) is 5.32 Å². The second-order valence-electron chi connectivity index (χ2n) is 5.27. The molecule has 3 rings (SSSR count). The van der Waals surface area contributed by atoms with Gasteiger partial charge in [-0.05, 0) is 42.7 Å². The minimum Gasteiger partial charge on any atom is -0.310 e. The largest absolute Gasteiger partial charge is 0.310 e. The van der Waals surface area contributed by atoms with Crippen LogP contribution < -0.4 is 5.32 Å². The number of hydrogen-bond donors (Lipinski definition) is 1. The van der Waals surface area contributed by atoms with Gasteiger partial charge in [0, 0.05) is 10.9 Å². The average molecular weight is 247 g/mol. The zero-order valence-corrected chi connectivity index (χ0v) is 11.1. The van der Waals surface area contributed by atoms with Crippen LogP contribution in [0.5, 0.6) is 0 Å². The first-order valence-corrected chi connectivity index (χ1v) is 7.87. The van der Waals surface area contributed by atoms with Gasteiger partial charge in [0.1, 0.15) is 0 Å². The van der Waals surface area contributed by atoms with Gasteiger partial charge in [-0.2, -0.15) is 0 Å². The first kappa shape index (κ1) is 11.6. The third-order valence-corrected chi connectivity index (χ3v) is 5.25. The minimum atomic E-state index is 0.604. The van der Waals surface area contributed by atoms with Gasteiger partial charge in [-0.3, -0.25) is 0 Å². The summed E-state index contributed by atoms with van der Waals surface area (Å²) in [6, 6.07) is 9.49. The van der Waals surface area contributed by atoms with E-state index >= 15 is 0 Å². The highest BCUT2D eigenvalue weighted by Crippen LogP contribution is 2.36. The molecule has 1 unspecified atom stereocenters. The van der Waals surface area contributed by atoms with E-state index in [1.807, 2.05) is 11.8 Å². The Hall–Kier alpha value is -0.470. The smallest absolute Gasteiger partial charge is 0.0339 e. The second-order valence-corrected chi connectivity index (χ2v) is 6.40. The molecule has 17 heavy (non-hydrogen) atoms. The fourth-order valence-corrected chi connectivity index (χ4v) is 3.92. The summed E-state index contributed by atoms with van der Waals surface area (Å²) in [7, 11) is 0. The van der Waals surface area contributed by atoms with Gasteiger partial charge in [-0.25, -0.2) is 0 Å². The van der Waals surface area contributed by atoms with Crippen LogP contribution in [0.1, 0.15) is 43.7 Å². The first-order valence-electron chi connectivity index (χ1n) is 6.88. The van der Waals surface area contributed by atoms with Crippen molar-refractivity contribution in [2.24, 2.45) is 5.92 Å². The fourth-order valence-electron chi connectivity index (χ4n) is 2.80. The van der Waals surface area contributed by atoms with Crippen LogP contribution in [-0.4, -0.2) is 12.3 Å². The van der Waals surface area contributed by atoms with Gasteiger partial charge in [0.05, 0.1) is 0 Å². The van der Waals surface area contributed by atoms with Gasteiger partial charge in [-0.1, -0.05) is 37.5 Å². The molecule has 2 heteroatoms. The molecule has 1 atom stereocenters. The maximum atomic E-state index is 3.76. The number of benzene rings is 1. The molecule has 1 aromatic rings. The van der Waals surface area contributed by atoms with Gasteiger partial charge < -0.3 is 5.32 Å². The fraction of sp³-hybridized carbons (Fsp3) is 0.600. The molecule has 0 spiro atoms. The maximum Gasteiger partial charge on any atom is 0.0339 e. The van der Waals surface area contributed by atoms with Gasteiger partial charge in [0.2, 0.25) is 0 Å². The van der Waals surface area contributed by atoms with E-state index in [1.165, 1.54) is 54.9 Å². The van der Waals surface area contributed by atoms with Crippen molar-refractivity contribution < 1.29 is 0 Å². The maximum absolute atomic E-state index is 3.76. The molecular weight excluding hydrogens is 226 g/mol. The summed E-state index contributed by atoms with van der Waals surface area (Å²) in [6.45, 7) is 1.20. The van der Waals surface area contributed by atoms with Crippen LogP contribution in [0, 0.1) is 5.92 Å². The number of fused-ring (bicyclic) bond motifs is 1. The van der Waals surface area contributed by atoms with E-state index in [0.29, 0.717) is 6.04 Å². The lowest BCUT2D eigenvalue weighted by molar-refractivity contribution is 0.286. The van der Waals surface area contributed by atoms with E-state index in [0.717, 1.165) is 5.92 Å². The van der Waals surface area contributed by atoms with Crippen LogP contribution in [0.2, 0.25) is 0 Å². The molecule has 1 nitrogen and oxygen atoms in total. The zero-order chi connectivity index (χ0) is 11.5. The molecule has 1 aliphatic carbocycles. The monoisotopic (exact) mass is 247 g/mol. The molecule has 1 saturated carbocycles. The Kier molecular flexibility index (Phi) is 3.72. The van der Waals surface area contributed by atoms with Crippen LogP contribution in [0.4, 0.5) is 0 Å². The topological polar surface area (TPSA) is 12.0 Å². The van der Waals surface area contributed by atoms with Crippen LogP contribution in [0.25, 0.3) is 0 Å². The van der Waals surface area contributed by atoms with E-state index in [1.54, 1.807) is 0 Å². The number of thioether (sulfide) groups is 1. The number of nitrogens with one attached hydrogen (secondary N) is 1. The Morgan fingerprint density at radius 2 is 2.06 bits per heavy atom. The Morgan fingerprint density at radius 1 is 1.18 bits per heavy atom. The Balaban J connectivity index is 1.56. The number of hydrogen-bond acceptors (Lipinski definition) is 2. The van der Waals surface area contributed by atoms with Crippen molar-refractivity contribution in [2.75, 3.05) is 12.3 Å². The quantitative estimate of drug-likeness (QED) is 0.863. The first-order chi connectivity index (χ1) is 8.43. The second kappa shape index (κ2) is 5.45. The Bertz CT molecular complexity index is 373. The molecule has 1 fully saturated rings. The van der Waals surface area contributed by atoms with E-state index in [2.05, 4.69) is 29.6 Å². The van der Waals surface area contributed by atoms with Crippen molar-refractivity contribution in [3.63, 3.8) is 0 Å². The third-order valence-electron chi connectivity index (χ3n) is 4.13. The molecule has 1 N–H and O–H groups in total. The van der Waals surface area contributed by atoms with E-state index < -0.39 is 0 Å². The minimum absolute atomic E-state index is 0.604. The molecule has 0 radical (unpaired) electrons. The highest BCUT2D eigenvalue weighted by atomic mass is 32.2. The summed E-state index contributed by atoms with van der Waals surface area (Å²) >= 11 is 2.01. The SMILES string of the molecule is c1ccc2c(c1)SCCC2NCCC1CCC1. The molecule has 0 saturated heterocycles. The molecule has 2 aliphatic rings. The summed E-state index contributed by atoms with van der Waals surface area (Å²) in [4.78, 5) is 1.49. The van der Waals surface area contributed by atoms with Crippen molar-refractivity contribution in [1.29, 1.82) is 0 Å². The van der Waals surface area contributed by atoms with Crippen molar-refractivity contribution in [3.8, 4) is 0 Å². The average Bonchev–Trinajstić information content (AvgIpc) is 2.32. The highest BCUT2D eigenvalue weighted by Gasteiger charge is 2.21. The van der Waals surface area contributed by atoms with Crippen LogP contribution >= 0.6 is 11.8 Å². The molecule has 0 bridgehead atoms. The lowest BCUT2D eigenvalue weighted by atomic mass is 9.83. The van der Waals surface area contributed by atoms with Crippen LogP contribution in [0.15, 0.2) is 29.2 Å². The highest BCUT2D eigenvalue weighted by molar-refractivity contribution is 7.99. The molecule has 92 valence electrons. The van der Waals surface area contributed by atoms with E-state index in [9.17, 15) is 0 Å². The molecule has 1 aliphatic heterocycles. The van der Waals surface area contributed by atoms with Gasteiger partial charge in [0.15, 0.2) is 0 Å². The lowest BCUT2D eigenvalue weighted by Gasteiger charge is -2.29. The van der Waals surface area contributed by atoms with E-state index in [-0.39, 0.29) is 0 Å². The van der Waals surface area contributed by atoms with Crippen LogP contribution in [-0.2, 0) is 0 Å². The van der Waals surface area contributed by atoms with Gasteiger partial charge >= 0.3 is 0 Å². The summed E-state index contributed by atoms with van der Waals surface area (Å²) in [5.41, 5.74) is 1.53. The summed E-state index contributed by atoms with van der Waals surface area (Å²) in [6.07, 6.45) is 7.07. The van der Waals surface area contributed by atoms with Gasteiger partial charge in [0.25, 0.3) is 0 Å². The summed E-state index contributed by atoms with van der Waals surface area (Å²) in [5.74, 6) is 2.29. The Morgan fingerprint density at radius 3 is 2.88 bits per heavy atom.